The number of carboxylic acid groups (broad SMARTS) is 1. The molecular formula is C12H15BrO5. The largest absolute Gasteiger partial charge is 0.507 e. The summed E-state index contributed by atoms with van der Waals surface area (Å²) in [6.45, 7) is 0. The highest BCUT2D eigenvalue weighted by atomic mass is 79.9. The molecule has 0 aliphatic carbocycles. The Bertz CT molecular complexity index is 445. The summed E-state index contributed by atoms with van der Waals surface area (Å²) in [5.74, 6) is 0.112. The molecule has 0 saturated carbocycles. The van der Waals surface area contributed by atoms with Crippen LogP contribution in [0.5, 0.6) is 17.2 Å². The molecule has 1 rings (SSSR count). The first kappa shape index (κ1) is 14.6. The Labute approximate surface area is 113 Å². The molecule has 1 aromatic carbocycles. The highest BCUT2D eigenvalue weighted by Gasteiger charge is 2.17. The summed E-state index contributed by atoms with van der Waals surface area (Å²) < 4.78 is 10.9. The van der Waals surface area contributed by atoms with Crippen molar-refractivity contribution in [3.05, 3.63) is 16.1 Å². The fraction of sp³-hybridized carbons (Fsp3) is 0.417. The number of halogens is 1. The molecule has 0 atom stereocenters. The maximum Gasteiger partial charge on any atom is 0.303 e. The lowest BCUT2D eigenvalue weighted by atomic mass is 10.1. The summed E-state index contributed by atoms with van der Waals surface area (Å²) in [5.41, 5.74) is 0.619. The molecule has 0 aliphatic rings. The summed E-state index contributed by atoms with van der Waals surface area (Å²) >= 11 is 3.34. The normalized spacial score (nSPS) is 10.2. The fourth-order valence-corrected chi connectivity index (χ4v) is 2.39. The molecule has 100 valence electrons. The molecule has 0 aliphatic heterocycles. The Hall–Kier alpha value is -1.43. The number of rotatable bonds is 6. The van der Waals surface area contributed by atoms with E-state index in [0.29, 0.717) is 34.4 Å². The molecule has 18 heavy (non-hydrogen) atoms. The monoisotopic (exact) mass is 318 g/mol. The number of carboxylic acids is 1. The molecule has 0 spiro atoms. The lowest BCUT2D eigenvalue weighted by Gasteiger charge is -2.14. The predicted molar refractivity (Wildman–Crippen MR) is 69.5 cm³/mol. The van der Waals surface area contributed by atoms with Gasteiger partial charge in [0, 0.05) is 18.1 Å². The van der Waals surface area contributed by atoms with E-state index in [-0.39, 0.29) is 12.2 Å². The van der Waals surface area contributed by atoms with E-state index in [0.717, 1.165) is 0 Å². The fourth-order valence-electron chi connectivity index (χ4n) is 1.63. The van der Waals surface area contributed by atoms with Crippen LogP contribution in [0.3, 0.4) is 0 Å². The van der Waals surface area contributed by atoms with Gasteiger partial charge >= 0.3 is 5.97 Å². The Balaban J connectivity index is 3.00. The number of methoxy groups -OCH3 is 2. The zero-order chi connectivity index (χ0) is 13.7. The zero-order valence-corrected chi connectivity index (χ0v) is 11.8. The minimum absolute atomic E-state index is 0.0558. The molecule has 2 N–H and O–H groups in total. The van der Waals surface area contributed by atoms with Crippen molar-refractivity contribution in [1.29, 1.82) is 0 Å². The molecule has 0 saturated heterocycles. The number of hydrogen-bond donors (Lipinski definition) is 2. The zero-order valence-electron chi connectivity index (χ0n) is 10.2. The Morgan fingerprint density at radius 1 is 1.39 bits per heavy atom. The van der Waals surface area contributed by atoms with Crippen molar-refractivity contribution in [3.63, 3.8) is 0 Å². The van der Waals surface area contributed by atoms with Crippen molar-refractivity contribution in [2.75, 3.05) is 14.2 Å². The third kappa shape index (κ3) is 3.29. The number of ether oxygens (including phenoxy) is 2. The molecule has 6 heteroatoms. The van der Waals surface area contributed by atoms with Gasteiger partial charge in [0.05, 0.1) is 18.7 Å². The number of hydrogen-bond acceptors (Lipinski definition) is 4. The van der Waals surface area contributed by atoms with Crippen LogP contribution in [0.1, 0.15) is 18.4 Å². The van der Waals surface area contributed by atoms with Gasteiger partial charge in [0.2, 0.25) is 0 Å². The van der Waals surface area contributed by atoms with Crippen molar-refractivity contribution in [3.8, 4) is 17.2 Å². The number of benzene rings is 1. The highest BCUT2D eigenvalue weighted by molar-refractivity contribution is 9.10. The minimum Gasteiger partial charge on any atom is -0.507 e. The molecule has 0 fully saturated rings. The molecule has 5 nitrogen and oxygen atoms in total. The molecule has 0 bridgehead atoms. The van der Waals surface area contributed by atoms with Gasteiger partial charge in [0.25, 0.3) is 0 Å². The second kappa shape index (κ2) is 6.49. The van der Waals surface area contributed by atoms with Crippen LogP contribution < -0.4 is 9.47 Å². The molecule has 0 heterocycles. The molecule has 0 amide bonds. The van der Waals surface area contributed by atoms with Gasteiger partial charge in [-0.2, -0.15) is 0 Å². The average molecular weight is 319 g/mol. The summed E-state index contributed by atoms with van der Waals surface area (Å²) in [6, 6.07) is 1.46. The van der Waals surface area contributed by atoms with Gasteiger partial charge in [-0.1, -0.05) is 0 Å². The smallest absolute Gasteiger partial charge is 0.303 e. The Morgan fingerprint density at radius 3 is 2.56 bits per heavy atom. The summed E-state index contributed by atoms with van der Waals surface area (Å²) in [6.07, 6.45) is 0.941. The quantitative estimate of drug-likeness (QED) is 0.843. The Kier molecular flexibility index (Phi) is 5.27. The van der Waals surface area contributed by atoms with Crippen LogP contribution in [0.2, 0.25) is 0 Å². The number of carbonyl (C=O) groups is 1. The standard InChI is InChI=1S/C12H15BrO5/c1-17-9-6-8(14)7(4-3-5-10(15)16)11(13)12(9)18-2/h6,14H,3-5H2,1-2H3,(H,15,16). The van der Waals surface area contributed by atoms with Crippen LogP contribution in [0.15, 0.2) is 10.5 Å². The van der Waals surface area contributed by atoms with Gasteiger partial charge in [0.1, 0.15) is 5.75 Å². The minimum atomic E-state index is -0.855. The first-order valence-electron chi connectivity index (χ1n) is 5.35. The van der Waals surface area contributed by atoms with Crippen LogP contribution in [0.25, 0.3) is 0 Å². The topological polar surface area (TPSA) is 76.0 Å². The van der Waals surface area contributed by atoms with Gasteiger partial charge in [-0.3, -0.25) is 4.79 Å². The van der Waals surface area contributed by atoms with Crippen LogP contribution in [-0.4, -0.2) is 30.4 Å². The van der Waals surface area contributed by atoms with E-state index in [1.54, 1.807) is 0 Å². The van der Waals surface area contributed by atoms with E-state index in [1.807, 2.05) is 0 Å². The molecular weight excluding hydrogens is 304 g/mol. The lowest BCUT2D eigenvalue weighted by Crippen LogP contribution is -1.99. The second-order valence-corrected chi connectivity index (χ2v) is 4.46. The second-order valence-electron chi connectivity index (χ2n) is 3.67. The lowest BCUT2D eigenvalue weighted by molar-refractivity contribution is -0.137. The van der Waals surface area contributed by atoms with Crippen LogP contribution in [-0.2, 0) is 11.2 Å². The van der Waals surface area contributed by atoms with Gasteiger partial charge in [-0.15, -0.1) is 0 Å². The van der Waals surface area contributed by atoms with Crippen molar-refractivity contribution in [1.82, 2.24) is 0 Å². The van der Waals surface area contributed by atoms with Crippen LogP contribution >= 0.6 is 15.9 Å². The van der Waals surface area contributed by atoms with E-state index in [2.05, 4.69) is 15.9 Å². The Morgan fingerprint density at radius 2 is 2.06 bits per heavy atom. The molecule has 0 radical (unpaired) electrons. The number of phenolic OH excluding ortho intramolecular Hbond substituents is 1. The van der Waals surface area contributed by atoms with Crippen molar-refractivity contribution in [2.45, 2.75) is 19.3 Å². The first-order chi connectivity index (χ1) is 8.51. The summed E-state index contributed by atoms with van der Waals surface area (Å²) in [7, 11) is 2.98. The third-order valence-electron chi connectivity index (χ3n) is 2.51. The van der Waals surface area contributed by atoms with Gasteiger partial charge in [-0.25, -0.2) is 0 Å². The molecule has 0 unspecified atom stereocenters. The van der Waals surface area contributed by atoms with Crippen LogP contribution in [0, 0.1) is 0 Å². The van der Waals surface area contributed by atoms with Gasteiger partial charge in [-0.05, 0) is 28.8 Å². The summed E-state index contributed by atoms with van der Waals surface area (Å²) in [5, 5.41) is 18.5. The van der Waals surface area contributed by atoms with Crippen molar-refractivity contribution in [2.24, 2.45) is 0 Å². The summed E-state index contributed by atoms with van der Waals surface area (Å²) in [4.78, 5) is 10.5. The SMILES string of the molecule is COc1cc(O)c(CCCC(=O)O)c(Br)c1OC. The van der Waals surface area contributed by atoms with E-state index in [1.165, 1.54) is 20.3 Å². The maximum absolute atomic E-state index is 10.5. The van der Waals surface area contributed by atoms with Crippen LogP contribution in [0.4, 0.5) is 0 Å². The number of aromatic hydroxyl groups is 1. The first-order valence-corrected chi connectivity index (χ1v) is 6.14. The average Bonchev–Trinajstić information content (AvgIpc) is 2.32. The van der Waals surface area contributed by atoms with E-state index >= 15 is 0 Å². The highest BCUT2D eigenvalue weighted by Crippen LogP contribution is 2.43. The van der Waals surface area contributed by atoms with E-state index < -0.39 is 5.97 Å². The van der Waals surface area contributed by atoms with Gasteiger partial charge in [0.15, 0.2) is 11.5 Å². The van der Waals surface area contributed by atoms with E-state index in [9.17, 15) is 9.90 Å². The van der Waals surface area contributed by atoms with E-state index in [4.69, 9.17) is 14.6 Å². The number of aliphatic carboxylic acids is 1. The molecule has 1 aromatic rings. The third-order valence-corrected chi connectivity index (χ3v) is 3.35. The number of phenols is 1. The van der Waals surface area contributed by atoms with Crippen molar-refractivity contribution < 1.29 is 24.5 Å². The maximum atomic E-state index is 10.5. The molecule has 0 aromatic heterocycles. The predicted octanol–water partition coefficient (Wildman–Crippen LogP) is 2.58. The van der Waals surface area contributed by atoms with Crippen molar-refractivity contribution >= 4 is 21.9 Å². The van der Waals surface area contributed by atoms with Gasteiger partial charge < -0.3 is 19.7 Å².